The third-order valence-electron chi connectivity index (χ3n) is 7.99. The molecule has 2 aliphatic rings. The number of hydrogen-bond acceptors (Lipinski definition) is 4. The molecule has 2 unspecified atom stereocenters. The van der Waals surface area contributed by atoms with Crippen molar-refractivity contribution in [2.24, 2.45) is 16.8 Å². The number of nitrogens with zero attached hydrogens (tertiary/aromatic N) is 2. The van der Waals surface area contributed by atoms with Gasteiger partial charge in [0.05, 0.1) is 0 Å². The van der Waals surface area contributed by atoms with Gasteiger partial charge in [0.2, 0.25) is 5.92 Å². The Kier molecular flexibility index (Phi) is 21.7. The Morgan fingerprint density at radius 3 is 2.22 bits per heavy atom. The first-order chi connectivity index (χ1) is 19.5. The van der Waals surface area contributed by atoms with Crippen molar-refractivity contribution in [3.05, 3.63) is 35.2 Å². The maximum atomic E-state index is 12.8. The van der Waals surface area contributed by atoms with Gasteiger partial charge >= 0.3 is 0 Å². The molecule has 0 radical (unpaired) electrons. The monoisotopic (exact) mass is 579 g/mol. The molecule has 1 heterocycles. The standard InChI is InChI=1S/C20H35N3.C9H16F2.C6H12O/c1-7-10-11-22-17(5)20(19(9-3)16(4)8-2)18(6)23-14-12-21-13-15-23;1-2-4-8-5-3-6-9(10,11)7-8;1-3-4-5-6(2)7/h9-11,16,21H,7-8,12-15H2,1-6H3;8H,2-7H2,1H3;3-5H2,1-2H3/b11-10+,19-9-,20-18-,22-17+;;. The predicted octanol–water partition coefficient (Wildman–Crippen LogP) is 9.92. The fourth-order valence-corrected chi connectivity index (χ4v) is 5.42. The van der Waals surface area contributed by atoms with Crippen LogP contribution in [0.2, 0.25) is 0 Å². The maximum absolute atomic E-state index is 12.8. The first-order valence-corrected chi connectivity index (χ1v) is 16.4. The SMILES string of the molecule is CCCC1CCCC(F)(F)C1.CCCCC(C)=O.C\C=C(C(/C(C)=N/C=C/CC)=C(/C)N1CCNCC1)\C(C)CC. The Morgan fingerprint density at radius 2 is 1.76 bits per heavy atom. The lowest BCUT2D eigenvalue weighted by molar-refractivity contribution is -0.117. The average molecular weight is 580 g/mol. The maximum Gasteiger partial charge on any atom is 0.248 e. The van der Waals surface area contributed by atoms with Crippen LogP contribution in [0.25, 0.3) is 0 Å². The number of Topliss-reactive ketones (excluding diaryl/α,β-unsaturated/α-hetero) is 1. The molecular formula is C35H63F2N3O. The van der Waals surface area contributed by atoms with Crippen molar-refractivity contribution in [1.29, 1.82) is 0 Å². The number of hydrogen-bond donors (Lipinski definition) is 1. The van der Waals surface area contributed by atoms with E-state index in [0.29, 0.717) is 17.6 Å². The van der Waals surface area contributed by atoms with E-state index in [1.165, 1.54) is 16.8 Å². The van der Waals surface area contributed by atoms with Gasteiger partial charge in [-0.05, 0) is 70.8 Å². The zero-order valence-corrected chi connectivity index (χ0v) is 28.1. The number of rotatable bonds is 12. The van der Waals surface area contributed by atoms with Crippen LogP contribution in [0.1, 0.15) is 133 Å². The van der Waals surface area contributed by atoms with Crippen LogP contribution in [0.15, 0.2) is 40.2 Å². The summed E-state index contributed by atoms with van der Waals surface area (Å²) in [6.07, 6.45) is 15.5. The molecule has 0 aromatic carbocycles. The summed E-state index contributed by atoms with van der Waals surface area (Å²) in [5, 5.41) is 3.44. The van der Waals surface area contributed by atoms with Crippen LogP contribution in [0, 0.1) is 11.8 Å². The van der Waals surface area contributed by atoms with Gasteiger partial charge in [0.25, 0.3) is 0 Å². The number of unbranched alkanes of at least 4 members (excludes halogenated alkanes) is 1. The topological polar surface area (TPSA) is 44.7 Å². The van der Waals surface area contributed by atoms with Crippen LogP contribution in [0.5, 0.6) is 0 Å². The van der Waals surface area contributed by atoms with Gasteiger partial charge < -0.3 is 15.0 Å². The Balaban J connectivity index is 0.000000728. The van der Waals surface area contributed by atoms with E-state index in [-0.39, 0.29) is 12.8 Å². The summed E-state index contributed by atoms with van der Waals surface area (Å²) in [6, 6.07) is 0. The van der Waals surface area contributed by atoms with E-state index in [2.05, 4.69) is 77.8 Å². The molecular weight excluding hydrogens is 516 g/mol. The van der Waals surface area contributed by atoms with Gasteiger partial charge in [0, 0.05) is 68.6 Å². The zero-order chi connectivity index (χ0) is 31.3. The second-order valence-corrected chi connectivity index (χ2v) is 11.7. The number of carbonyl (C=O) groups excluding carboxylic acids is 1. The lowest BCUT2D eigenvalue weighted by Gasteiger charge is -2.33. The lowest BCUT2D eigenvalue weighted by atomic mass is 9.84. The number of ketones is 1. The molecule has 1 saturated heterocycles. The molecule has 1 saturated carbocycles. The largest absolute Gasteiger partial charge is 0.372 e. The van der Waals surface area contributed by atoms with Crippen molar-refractivity contribution < 1.29 is 13.6 Å². The number of halogens is 2. The Hall–Kier alpha value is -1.82. The second kappa shape index (κ2) is 22.7. The molecule has 0 spiro atoms. The van der Waals surface area contributed by atoms with Gasteiger partial charge in [-0.1, -0.05) is 72.5 Å². The summed E-state index contributed by atoms with van der Waals surface area (Å²) >= 11 is 0. The zero-order valence-electron chi connectivity index (χ0n) is 28.1. The van der Waals surface area contributed by atoms with Gasteiger partial charge in [-0.15, -0.1) is 0 Å². The van der Waals surface area contributed by atoms with E-state index >= 15 is 0 Å². The van der Waals surface area contributed by atoms with E-state index < -0.39 is 5.92 Å². The van der Waals surface area contributed by atoms with Crippen molar-refractivity contribution in [3.63, 3.8) is 0 Å². The van der Waals surface area contributed by atoms with Crippen LogP contribution >= 0.6 is 0 Å². The molecule has 2 atom stereocenters. The number of alkyl halides is 2. The van der Waals surface area contributed by atoms with Crippen molar-refractivity contribution in [2.75, 3.05) is 26.2 Å². The van der Waals surface area contributed by atoms with E-state index in [0.717, 1.165) is 89.7 Å². The van der Waals surface area contributed by atoms with Gasteiger partial charge in [-0.25, -0.2) is 8.78 Å². The molecule has 41 heavy (non-hydrogen) atoms. The second-order valence-electron chi connectivity index (χ2n) is 11.7. The molecule has 0 bridgehead atoms. The lowest BCUT2D eigenvalue weighted by Crippen LogP contribution is -2.43. The Morgan fingerprint density at radius 1 is 1.10 bits per heavy atom. The van der Waals surface area contributed by atoms with Crippen molar-refractivity contribution in [2.45, 2.75) is 139 Å². The van der Waals surface area contributed by atoms with Gasteiger partial charge in [-0.3, -0.25) is 4.99 Å². The summed E-state index contributed by atoms with van der Waals surface area (Å²) in [4.78, 5) is 17.4. The van der Waals surface area contributed by atoms with E-state index in [1.807, 2.05) is 6.20 Å². The fourth-order valence-electron chi connectivity index (χ4n) is 5.42. The van der Waals surface area contributed by atoms with Gasteiger partial charge in [-0.2, -0.15) is 0 Å². The number of nitrogens with one attached hydrogen (secondary N) is 1. The fraction of sp³-hybridized carbons (Fsp3) is 0.771. The molecule has 1 aliphatic carbocycles. The normalized spacial score (nSPS) is 20.9. The molecule has 1 N–H and O–H groups in total. The van der Waals surface area contributed by atoms with Gasteiger partial charge in [0.1, 0.15) is 5.78 Å². The number of carbonyl (C=O) groups is 1. The molecule has 0 aromatic rings. The van der Waals surface area contributed by atoms with E-state index in [1.54, 1.807) is 6.92 Å². The van der Waals surface area contributed by atoms with E-state index in [9.17, 15) is 13.6 Å². The van der Waals surface area contributed by atoms with Crippen LogP contribution < -0.4 is 5.32 Å². The van der Waals surface area contributed by atoms with Gasteiger partial charge in [0.15, 0.2) is 0 Å². The summed E-state index contributed by atoms with van der Waals surface area (Å²) in [5.41, 5.74) is 5.25. The van der Waals surface area contributed by atoms with Crippen LogP contribution in [-0.4, -0.2) is 48.5 Å². The van der Waals surface area contributed by atoms with Crippen molar-refractivity contribution in [3.8, 4) is 0 Å². The van der Waals surface area contributed by atoms with Crippen molar-refractivity contribution >= 4 is 11.5 Å². The smallest absolute Gasteiger partial charge is 0.248 e. The Bertz CT molecular complexity index is 836. The highest BCUT2D eigenvalue weighted by molar-refractivity contribution is 6.03. The van der Waals surface area contributed by atoms with Crippen LogP contribution in [0.4, 0.5) is 8.78 Å². The first-order valence-electron chi connectivity index (χ1n) is 16.4. The molecule has 0 amide bonds. The average Bonchev–Trinajstić information content (AvgIpc) is 2.95. The quantitative estimate of drug-likeness (QED) is 0.185. The molecule has 4 nitrogen and oxygen atoms in total. The summed E-state index contributed by atoms with van der Waals surface area (Å²) in [5.74, 6) is -1.20. The number of allylic oxidation sites excluding steroid dienone is 5. The molecule has 6 heteroatoms. The minimum atomic E-state index is -2.35. The highest BCUT2D eigenvalue weighted by Crippen LogP contribution is 2.38. The third kappa shape index (κ3) is 17.0. The number of aliphatic imine (C=N–C) groups is 1. The van der Waals surface area contributed by atoms with Crippen LogP contribution in [-0.2, 0) is 4.79 Å². The highest BCUT2D eigenvalue weighted by Gasteiger charge is 2.35. The molecule has 0 aromatic heterocycles. The third-order valence-corrected chi connectivity index (χ3v) is 7.99. The molecule has 2 fully saturated rings. The molecule has 1 aliphatic heterocycles. The first kappa shape index (κ1) is 39.2. The molecule has 238 valence electrons. The minimum Gasteiger partial charge on any atom is -0.372 e. The Labute approximate surface area is 252 Å². The molecule has 2 rings (SSSR count). The summed E-state index contributed by atoms with van der Waals surface area (Å²) in [6.45, 7) is 23.3. The van der Waals surface area contributed by atoms with E-state index in [4.69, 9.17) is 4.99 Å². The van der Waals surface area contributed by atoms with Crippen LogP contribution in [0.3, 0.4) is 0 Å². The minimum absolute atomic E-state index is 0.118. The number of piperazine rings is 1. The summed E-state index contributed by atoms with van der Waals surface area (Å²) in [7, 11) is 0. The summed E-state index contributed by atoms with van der Waals surface area (Å²) < 4.78 is 25.6. The predicted molar refractivity (Wildman–Crippen MR) is 175 cm³/mol. The highest BCUT2D eigenvalue weighted by atomic mass is 19.3. The van der Waals surface area contributed by atoms with Crippen molar-refractivity contribution in [1.82, 2.24) is 10.2 Å².